The van der Waals surface area contributed by atoms with E-state index in [0.717, 1.165) is 42.4 Å². The van der Waals surface area contributed by atoms with Gasteiger partial charge in [-0.25, -0.2) is 4.99 Å². The highest BCUT2D eigenvalue weighted by molar-refractivity contribution is 14.0. The summed E-state index contributed by atoms with van der Waals surface area (Å²) in [5.74, 6) is 2.37. The highest BCUT2D eigenvalue weighted by Gasteiger charge is 2.20. The second-order valence-corrected chi connectivity index (χ2v) is 6.09. The van der Waals surface area contributed by atoms with Crippen molar-refractivity contribution in [3.8, 4) is 11.5 Å². The first-order valence-corrected chi connectivity index (χ1v) is 9.12. The van der Waals surface area contributed by atoms with E-state index in [9.17, 15) is 0 Å². The lowest BCUT2D eigenvalue weighted by Gasteiger charge is -2.19. The summed E-state index contributed by atoms with van der Waals surface area (Å²) in [5.41, 5.74) is 1.04. The van der Waals surface area contributed by atoms with Gasteiger partial charge in [0.1, 0.15) is 0 Å². The average molecular weight is 477 g/mol. The summed E-state index contributed by atoms with van der Waals surface area (Å²) in [6.07, 6.45) is 4.99. The first-order valence-electron chi connectivity index (χ1n) is 9.12. The number of aliphatic imine (C=N–C) groups is 1. The van der Waals surface area contributed by atoms with E-state index in [0.29, 0.717) is 19.7 Å². The molecule has 148 valence electrons. The third-order valence-corrected chi connectivity index (χ3v) is 4.22. The molecule has 1 saturated carbocycles. The van der Waals surface area contributed by atoms with E-state index in [-0.39, 0.29) is 30.1 Å². The predicted octanol–water partition coefficient (Wildman–Crippen LogP) is 3.34. The van der Waals surface area contributed by atoms with Crippen molar-refractivity contribution in [3.63, 3.8) is 0 Å². The van der Waals surface area contributed by atoms with Gasteiger partial charge in [-0.2, -0.15) is 0 Å². The normalized spacial score (nSPS) is 14.7. The quantitative estimate of drug-likeness (QED) is 0.247. The van der Waals surface area contributed by atoms with Crippen LogP contribution in [0.5, 0.6) is 11.5 Å². The van der Waals surface area contributed by atoms with Crippen LogP contribution in [0.4, 0.5) is 0 Å². The Balaban J connectivity index is 0.00000338. The molecule has 1 aliphatic carbocycles. The van der Waals surface area contributed by atoms with Crippen molar-refractivity contribution in [3.05, 3.63) is 23.8 Å². The fraction of sp³-hybridized carbons (Fsp3) is 0.632. The SMILES string of the molecule is CCNC(=NCc1cccc(OC)c1OC1CCCC1)NCCOC.I. The molecule has 6 nitrogen and oxygen atoms in total. The molecule has 0 unspecified atom stereocenters. The molecule has 0 saturated heterocycles. The van der Waals surface area contributed by atoms with Gasteiger partial charge in [0.2, 0.25) is 0 Å². The van der Waals surface area contributed by atoms with Gasteiger partial charge in [0.05, 0.1) is 26.4 Å². The second-order valence-electron chi connectivity index (χ2n) is 6.09. The van der Waals surface area contributed by atoms with E-state index in [1.54, 1.807) is 14.2 Å². The molecule has 0 aliphatic heterocycles. The Labute approximate surface area is 174 Å². The zero-order chi connectivity index (χ0) is 17.9. The van der Waals surface area contributed by atoms with Crippen LogP contribution in [0.1, 0.15) is 38.2 Å². The zero-order valence-corrected chi connectivity index (χ0v) is 18.4. The lowest BCUT2D eigenvalue weighted by atomic mass is 10.1. The summed E-state index contributed by atoms with van der Waals surface area (Å²) < 4.78 is 16.8. The largest absolute Gasteiger partial charge is 0.493 e. The summed E-state index contributed by atoms with van der Waals surface area (Å²) in [7, 11) is 3.37. The van der Waals surface area contributed by atoms with Gasteiger partial charge >= 0.3 is 0 Å². The molecule has 7 heteroatoms. The van der Waals surface area contributed by atoms with Crippen LogP contribution in [-0.2, 0) is 11.3 Å². The molecule has 1 aromatic rings. The molecule has 0 heterocycles. The van der Waals surface area contributed by atoms with Gasteiger partial charge in [-0.3, -0.25) is 0 Å². The summed E-state index contributed by atoms with van der Waals surface area (Å²) >= 11 is 0. The Morgan fingerprint density at radius 1 is 1.19 bits per heavy atom. The molecule has 0 radical (unpaired) electrons. The van der Waals surface area contributed by atoms with Crippen LogP contribution in [0.3, 0.4) is 0 Å². The van der Waals surface area contributed by atoms with E-state index in [1.165, 1.54) is 12.8 Å². The molecule has 0 aromatic heterocycles. The number of ether oxygens (including phenoxy) is 3. The van der Waals surface area contributed by atoms with E-state index >= 15 is 0 Å². The Bertz CT molecular complexity index is 549. The molecular weight excluding hydrogens is 445 g/mol. The molecular formula is C19H32IN3O3. The van der Waals surface area contributed by atoms with E-state index in [2.05, 4.69) is 21.7 Å². The third kappa shape index (κ3) is 7.19. The zero-order valence-electron chi connectivity index (χ0n) is 16.0. The maximum Gasteiger partial charge on any atom is 0.191 e. The smallest absolute Gasteiger partial charge is 0.191 e. The minimum atomic E-state index is 0. The number of rotatable bonds is 9. The van der Waals surface area contributed by atoms with Crippen molar-refractivity contribution < 1.29 is 14.2 Å². The maximum absolute atomic E-state index is 6.26. The fourth-order valence-electron chi connectivity index (χ4n) is 2.93. The predicted molar refractivity (Wildman–Crippen MR) is 116 cm³/mol. The second kappa shape index (κ2) is 13.0. The molecule has 0 spiro atoms. The molecule has 1 aliphatic rings. The van der Waals surface area contributed by atoms with Gasteiger partial charge in [-0.05, 0) is 38.7 Å². The molecule has 0 bridgehead atoms. The Morgan fingerprint density at radius 3 is 2.62 bits per heavy atom. The number of hydrogen-bond acceptors (Lipinski definition) is 4. The monoisotopic (exact) mass is 477 g/mol. The van der Waals surface area contributed by atoms with Crippen molar-refractivity contribution in [2.24, 2.45) is 4.99 Å². The summed E-state index contributed by atoms with van der Waals surface area (Å²) in [4.78, 5) is 4.67. The van der Waals surface area contributed by atoms with Crippen LogP contribution in [0.15, 0.2) is 23.2 Å². The van der Waals surface area contributed by atoms with E-state index < -0.39 is 0 Å². The topological polar surface area (TPSA) is 64.1 Å². The third-order valence-electron chi connectivity index (χ3n) is 4.22. The van der Waals surface area contributed by atoms with Crippen molar-refractivity contribution >= 4 is 29.9 Å². The Hall–Kier alpha value is -1.22. The number of benzene rings is 1. The molecule has 1 aromatic carbocycles. The number of para-hydroxylation sites is 1. The number of guanidine groups is 1. The van der Waals surface area contributed by atoms with E-state index in [1.807, 2.05) is 19.1 Å². The van der Waals surface area contributed by atoms with Crippen LogP contribution in [0, 0.1) is 0 Å². The van der Waals surface area contributed by atoms with Gasteiger partial charge in [-0.1, -0.05) is 12.1 Å². The first kappa shape index (κ1) is 22.8. The van der Waals surface area contributed by atoms with Crippen LogP contribution in [0.25, 0.3) is 0 Å². The van der Waals surface area contributed by atoms with Gasteiger partial charge in [0, 0.05) is 25.8 Å². The summed E-state index contributed by atoms with van der Waals surface area (Å²) in [6.45, 7) is 4.74. The fourth-order valence-corrected chi connectivity index (χ4v) is 2.93. The molecule has 0 atom stereocenters. The molecule has 2 rings (SSSR count). The van der Waals surface area contributed by atoms with Crippen molar-refractivity contribution in [1.82, 2.24) is 10.6 Å². The molecule has 1 fully saturated rings. The summed E-state index contributed by atoms with van der Waals surface area (Å²) in [6, 6.07) is 5.98. The van der Waals surface area contributed by atoms with Crippen LogP contribution in [-0.4, -0.2) is 46.0 Å². The van der Waals surface area contributed by atoms with Crippen molar-refractivity contribution in [2.45, 2.75) is 45.3 Å². The highest BCUT2D eigenvalue weighted by Crippen LogP contribution is 2.35. The lowest BCUT2D eigenvalue weighted by Crippen LogP contribution is -2.38. The standard InChI is InChI=1S/C19H31N3O3.HI/c1-4-20-19(21-12-13-23-2)22-14-15-8-7-11-17(24-3)18(15)25-16-9-5-6-10-16;/h7-8,11,16H,4-6,9-10,12-14H2,1-3H3,(H2,20,21,22);1H. The Kier molecular flexibility index (Phi) is 11.4. The van der Waals surface area contributed by atoms with E-state index in [4.69, 9.17) is 14.2 Å². The van der Waals surface area contributed by atoms with Gasteiger partial charge in [0.25, 0.3) is 0 Å². The molecule has 26 heavy (non-hydrogen) atoms. The number of nitrogens with zero attached hydrogens (tertiary/aromatic N) is 1. The van der Waals surface area contributed by atoms with Crippen molar-refractivity contribution in [1.29, 1.82) is 0 Å². The summed E-state index contributed by atoms with van der Waals surface area (Å²) in [5, 5.41) is 6.50. The van der Waals surface area contributed by atoms with Crippen molar-refractivity contribution in [2.75, 3.05) is 33.9 Å². The minimum absolute atomic E-state index is 0. The van der Waals surface area contributed by atoms with Crippen LogP contribution in [0.2, 0.25) is 0 Å². The number of methoxy groups -OCH3 is 2. The number of hydrogen-bond donors (Lipinski definition) is 2. The Morgan fingerprint density at radius 2 is 1.96 bits per heavy atom. The van der Waals surface area contributed by atoms with Gasteiger partial charge in [0.15, 0.2) is 17.5 Å². The minimum Gasteiger partial charge on any atom is -0.493 e. The number of nitrogens with one attached hydrogen (secondary N) is 2. The first-order chi connectivity index (χ1) is 12.3. The molecule has 2 N–H and O–H groups in total. The van der Waals surface area contributed by atoms with Crippen LogP contribution >= 0.6 is 24.0 Å². The molecule has 0 amide bonds. The number of halogens is 1. The maximum atomic E-state index is 6.26. The average Bonchev–Trinajstić information content (AvgIpc) is 3.14. The van der Waals surface area contributed by atoms with Gasteiger partial charge in [-0.15, -0.1) is 24.0 Å². The highest BCUT2D eigenvalue weighted by atomic mass is 127. The van der Waals surface area contributed by atoms with Gasteiger partial charge < -0.3 is 24.8 Å². The lowest BCUT2D eigenvalue weighted by molar-refractivity contribution is 0.198. The van der Waals surface area contributed by atoms with Crippen LogP contribution < -0.4 is 20.1 Å².